The van der Waals surface area contributed by atoms with Crippen LogP contribution in [0.5, 0.6) is 5.88 Å². The average Bonchev–Trinajstić information content (AvgIpc) is 2.63. The van der Waals surface area contributed by atoms with Gasteiger partial charge < -0.3 is 15.4 Å². The zero-order valence-corrected chi connectivity index (χ0v) is 13.9. The fourth-order valence-electron chi connectivity index (χ4n) is 2.31. The molecular formula is C18H18FN5O. The Hall–Kier alpha value is -3.22. The van der Waals surface area contributed by atoms with Gasteiger partial charge in [0.1, 0.15) is 23.1 Å². The summed E-state index contributed by atoms with van der Waals surface area (Å²) in [5.41, 5.74) is 1.46. The van der Waals surface area contributed by atoms with Crippen LogP contribution >= 0.6 is 0 Å². The van der Waals surface area contributed by atoms with Gasteiger partial charge in [0.25, 0.3) is 0 Å². The molecule has 0 aliphatic heterocycles. The van der Waals surface area contributed by atoms with Crippen molar-refractivity contribution >= 4 is 17.3 Å². The van der Waals surface area contributed by atoms with Crippen molar-refractivity contribution in [2.75, 3.05) is 17.7 Å². The third kappa shape index (κ3) is 4.20. The topological polar surface area (TPSA) is 72.0 Å². The van der Waals surface area contributed by atoms with Crippen LogP contribution in [-0.4, -0.2) is 22.1 Å². The zero-order valence-electron chi connectivity index (χ0n) is 13.9. The third-order valence-electron chi connectivity index (χ3n) is 3.53. The lowest BCUT2D eigenvalue weighted by molar-refractivity contribution is 0.400. The van der Waals surface area contributed by atoms with E-state index in [1.165, 1.54) is 12.3 Å². The van der Waals surface area contributed by atoms with Gasteiger partial charge in [0.05, 0.1) is 25.0 Å². The summed E-state index contributed by atoms with van der Waals surface area (Å²) >= 11 is 0. The van der Waals surface area contributed by atoms with E-state index in [1.807, 2.05) is 37.3 Å². The van der Waals surface area contributed by atoms with Crippen molar-refractivity contribution in [3.05, 3.63) is 66.4 Å². The van der Waals surface area contributed by atoms with Gasteiger partial charge in [-0.1, -0.05) is 6.07 Å². The third-order valence-corrected chi connectivity index (χ3v) is 3.53. The first kappa shape index (κ1) is 16.6. The predicted molar refractivity (Wildman–Crippen MR) is 94.5 cm³/mol. The van der Waals surface area contributed by atoms with Crippen LogP contribution in [0.25, 0.3) is 0 Å². The highest BCUT2D eigenvalue weighted by molar-refractivity contribution is 5.62. The Morgan fingerprint density at radius 3 is 2.64 bits per heavy atom. The molecule has 128 valence electrons. The maximum Gasteiger partial charge on any atom is 0.237 e. The molecule has 0 amide bonds. The maximum atomic E-state index is 13.0. The highest BCUT2D eigenvalue weighted by Gasteiger charge is 2.09. The highest BCUT2D eigenvalue weighted by Crippen LogP contribution is 2.25. The second kappa shape index (κ2) is 7.57. The Bertz CT molecular complexity index is 841. The Kier molecular flexibility index (Phi) is 5.03. The first-order valence-corrected chi connectivity index (χ1v) is 7.77. The van der Waals surface area contributed by atoms with Crippen molar-refractivity contribution in [3.8, 4) is 5.88 Å². The molecule has 0 fully saturated rings. The van der Waals surface area contributed by atoms with Gasteiger partial charge in [-0.25, -0.2) is 14.4 Å². The van der Waals surface area contributed by atoms with Gasteiger partial charge in [0.2, 0.25) is 5.88 Å². The number of methoxy groups -OCH3 is 1. The smallest absolute Gasteiger partial charge is 0.237 e. The molecule has 2 N–H and O–H groups in total. The molecule has 0 spiro atoms. The molecule has 0 radical (unpaired) electrons. The Labute approximate surface area is 145 Å². The SMILES string of the molecule is COc1ncccc1Nc1cccc(N[C@@H](C)c2ccc(F)cn2)n1. The van der Waals surface area contributed by atoms with E-state index < -0.39 is 0 Å². The van der Waals surface area contributed by atoms with E-state index in [0.717, 1.165) is 11.4 Å². The lowest BCUT2D eigenvalue weighted by Crippen LogP contribution is -2.10. The maximum absolute atomic E-state index is 13.0. The number of hydrogen-bond acceptors (Lipinski definition) is 6. The summed E-state index contributed by atoms with van der Waals surface area (Å²) in [4.78, 5) is 12.7. The van der Waals surface area contributed by atoms with E-state index in [1.54, 1.807) is 19.4 Å². The number of ether oxygens (including phenoxy) is 1. The number of nitrogens with one attached hydrogen (secondary N) is 2. The first-order chi connectivity index (χ1) is 12.2. The molecule has 0 aliphatic rings. The van der Waals surface area contributed by atoms with Gasteiger partial charge in [-0.05, 0) is 43.3 Å². The number of pyridine rings is 3. The monoisotopic (exact) mass is 339 g/mol. The van der Waals surface area contributed by atoms with Crippen LogP contribution in [0, 0.1) is 5.82 Å². The van der Waals surface area contributed by atoms with E-state index in [2.05, 4.69) is 25.6 Å². The second-order valence-electron chi connectivity index (χ2n) is 5.36. The molecule has 0 saturated carbocycles. The standard InChI is InChI=1S/C18H18FN5O/c1-12(14-9-8-13(19)11-21-14)22-16-6-3-7-17(24-16)23-15-5-4-10-20-18(15)25-2/h3-12H,1-2H3,(H2,22,23,24)/t12-/m0/s1. The second-order valence-corrected chi connectivity index (χ2v) is 5.36. The number of halogens is 1. The van der Waals surface area contributed by atoms with E-state index in [9.17, 15) is 4.39 Å². The average molecular weight is 339 g/mol. The molecule has 0 saturated heterocycles. The fraction of sp³-hybridized carbons (Fsp3) is 0.167. The molecule has 7 heteroatoms. The summed E-state index contributed by atoms with van der Waals surface area (Å²) in [5, 5.41) is 6.43. The number of rotatable bonds is 6. The Morgan fingerprint density at radius 1 is 1.04 bits per heavy atom. The molecule has 3 aromatic rings. The van der Waals surface area contributed by atoms with Gasteiger partial charge >= 0.3 is 0 Å². The lowest BCUT2D eigenvalue weighted by Gasteiger charge is -2.15. The number of anilines is 3. The van der Waals surface area contributed by atoms with Gasteiger partial charge in [-0.15, -0.1) is 0 Å². The number of aromatic nitrogens is 3. The van der Waals surface area contributed by atoms with Crippen molar-refractivity contribution in [3.63, 3.8) is 0 Å². The Morgan fingerprint density at radius 2 is 1.88 bits per heavy atom. The van der Waals surface area contributed by atoms with Crippen molar-refractivity contribution in [1.29, 1.82) is 0 Å². The summed E-state index contributed by atoms with van der Waals surface area (Å²) in [6, 6.07) is 12.2. The van der Waals surface area contributed by atoms with Crippen LogP contribution in [-0.2, 0) is 0 Å². The summed E-state index contributed by atoms with van der Waals surface area (Å²) in [7, 11) is 1.57. The van der Waals surface area contributed by atoms with Crippen molar-refractivity contribution < 1.29 is 9.13 Å². The van der Waals surface area contributed by atoms with Crippen molar-refractivity contribution in [1.82, 2.24) is 15.0 Å². The zero-order chi connectivity index (χ0) is 17.6. The number of hydrogen-bond donors (Lipinski definition) is 2. The molecule has 0 unspecified atom stereocenters. The molecule has 25 heavy (non-hydrogen) atoms. The van der Waals surface area contributed by atoms with Crippen LogP contribution in [0.2, 0.25) is 0 Å². The fourth-order valence-corrected chi connectivity index (χ4v) is 2.31. The molecular weight excluding hydrogens is 321 g/mol. The normalized spacial score (nSPS) is 11.6. The van der Waals surface area contributed by atoms with Gasteiger partial charge in [0, 0.05) is 6.20 Å². The van der Waals surface area contributed by atoms with E-state index in [-0.39, 0.29) is 11.9 Å². The van der Waals surface area contributed by atoms with E-state index in [4.69, 9.17) is 4.74 Å². The molecule has 6 nitrogen and oxygen atoms in total. The largest absolute Gasteiger partial charge is 0.480 e. The highest BCUT2D eigenvalue weighted by atomic mass is 19.1. The number of nitrogens with zero attached hydrogens (tertiary/aromatic N) is 3. The molecule has 3 aromatic heterocycles. The molecule has 0 aliphatic carbocycles. The Balaban J connectivity index is 1.74. The van der Waals surface area contributed by atoms with Crippen LogP contribution < -0.4 is 15.4 Å². The van der Waals surface area contributed by atoms with Gasteiger partial charge in [0.15, 0.2) is 0 Å². The van der Waals surface area contributed by atoms with Crippen molar-refractivity contribution in [2.45, 2.75) is 13.0 Å². The minimum absolute atomic E-state index is 0.115. The minimum atomic E-state index is -0.356. The summed E-state index contributed by atoms with van der Waals surface area (Å²) in [6.07, 6.45) is 2.86. The minimum Gasteiger partial charge on any atom is -0.480 e. The van der Waals surface area contributed by atoms with Gasteiger partial charge in [-0.3, -0.25) is 4.98 Å². The molecule has 0 bridgehead atoms. The van der Waals surface area contributed by atoms with E-state index in [0.29, 0.717) is 17.5 Å². The first-order valence-electron chi connectivity index (χ1n) is 7.77. The molecule has 3 rings (SSSR count). The summed E-state index contributed by atoms with van der Waals surface area (Å²) < 4.78 is 18.2. The van der Waals surface area contributed by atoms with Crippen LogP contribution in [0.1, 0.15) is 18.7 Å². The molecule has 0 aromatic carbocycles. The lowest BCUT2D eigenvalue weighted by atomic mass is 10.2. The van der Waals surface area contributed by atoms with Crippen LogP contribution in [0.15, 0.2) is 54.9 Å². The predicted octanol–water partition coefficient (Wildman–Crippen LogP) is 3.94. The van der Waals surface area contributed by atoms with Gasteiger partial charge in [-0.2, -0.15) is 0 Å². The summed E-state index contributed by atoms with van der Waals surface area (Å²) in [5.74, 6) is 1.46. The van der Waals surface area contributed by atoms with Crippen LogP contribution in [0.4, 0.5) is 21.7 Å². The van der Waals surface area contributed by atoms with Crippen molar-refractivity contribution in [2.24, 2.45) is 0 Å². The van der Waals surface area contributed by atoms with Crippen LogP contribution in [0.3, 0.4) is 0 Å². The molecule has 1 atom stereocenters. The van der Waals surface area contributed by atoms with E-state index >= 15 is 0 Å². The summed E-state index contributed by atoms with van der Waals surface area (Å²) in [6.45, 7) is 1.94. The molecule has 3 heterocycles. The quantitative estimate of drug-likeness (QED) is 0.709.